The average Bonchev–Trinajstić information content (AvgIpc) is 3.09. The van der Waals surface area contributed by atoms with Crippen molar-refractivity contribution < 1.29 is 4.42 Å². The average molecular weight is 253 g/mol. The number of benzene rings is 1. The molecule has 0 amide bonds. The summed E-state index contributed by atoms with van der Waals surface area (Å²) in [5, 5.41) is 3.45. The third-order valence-electron chi connectivity index (χ3n) is 3.03. The van der Waals surface area contributed by atoms with Gasteiger partial charge in [-0.2, -0.15) is 0 Å². The van der Waals surface area contributed by atoms with Gasteiger partial charge in [-0.1, -0.05) is 18.2 Å². The van der Waals surface area contributed by atoms with Crippen LogP contribution in [0.25, 0.3) is 0 Å². The molecule has 0 aliphatic heterocycles. The Labute approximate surface area is 111 Å². The SMILES string of the molecule is Cn1ccnc1C(Nc1ccccc1)c1ccco1. The van der Waals surface area contributed by atoms with Gasteiger partial charge in [0.05, 0.1) is 6.26 Å². The number of anilines is 1. The Morgan fingerprint density at radius 1 is 1.16 bits per heavy atom. The molecule has 0 bridgehead atoms. The highest BCUT2D eigenvalue weighted by Gasteiger charge is 2.20. The van der Waals surface area contributed by atoms with Gasteiger partial charge >= 0.3 is 0 Å². The molecule has 0 fully saturated rings. The predicted molar refractivity (Wildman–Crippen MR) is 73.8 cm³/mol. The number of nitrogens with zero attached hydrogens (tertiary/aromatic N) is 2. The molecule has 1 unspecified atom stereocenters. The summed E-state index contributed by atoms with van der Waals surface area (Å²) >= 11 is 0. The van der Waals surface area contributed by atoms with E-state index in [1.54, 1.807) is 12.5 Å². The third kappa shape index (κ3) is 2.38. The lowest BCUT2D eigenvalue weighted by molar-refractivity contribution is 0.488. The summed E-state index contributed by atoms with van der Waals surface area (Å²) in [5.74, 6) is 1.76. The molecule has 0 radical (unpaired) electrons. The Bertz CT molecular complexity index is 628. The van der Waals surface area contributed by atoms with Crippen molar-refractivity contribution in [3.63, 3.8) is 0 Å². The lowest BCUT2D eigenvalue weighted by atomic mass is 10.2. The smallest absolute Gasteiger partial charge is 0.143 e. The fourth-order valence-corrected chi connectivity index (χ4v) is 2.07. The third-order valence-corrected chi connectivity index (χ3v) is 3.03. The van der Waals surface area contributed by atoms with Crippen LogP contribution in [-0.4, -0.2) is 9.55 Å². The van der Waals surface area contributed by atoms with E-state index < -0.39 is 0 Å². The van der Waals surface area contributed by atoms with E-state index in [9.17, 15) is 0 Å². The van der Waals surface area contributed by atoms with Crippen LogP contribution >= 0.6 is 0 Å². The second-order valence-electron chi connectivity index (χ2n) is 4.36. The van der Waals surface area contributed by atoms with Crippen LogP contribution < -0.4 is 5.32 Å². The summed E-state index contributed by atoms with van der Waals surface area (Å²) in [6, 6.07) is 13.8. The van der Waals surface area contributed by atoms with Crippen LogP contribution in [0.15, 0.2) is 65.5 Å². The monoisotopic (exact) mass is 253 g/mol. The van der Waals surface area contributed by atoms with Crippen LogP contribution in [0.5, 0.6) is 0 Å². The molecule has 1 N–H and O–H groups in total. The van der Waals surface area contributed by atoms with Crippen molar-refractivity contribution in [2.75, 3.05) is 5.32 Å². The summed E-state index contributed by atoms with van der Waals surface area (Å²) in [7, 11) is 1.98. The highest BCUT2D eigenvalue weighted by Crippen LogP contribution is 2.25. The van der Waals surface area contributed by atoms with Gasteiger partial charge in [0.25, 0.3) is 0 Å². The molecule has 0 saturated carbocycles. The molecule has 3 aromatic rings. The number of imidazole rings is 1. The Kier molecular flexibility index (Phi) is 3.06. The lowest BCUT2D eigenvalue weighted by Crippen LogP contribution is -2.16. The second-order valence-corrected chi connectivity index (χ2v) is 4.36. The minimum absolute atomic E-state index is 0.0996. The van der Waals surface area contributed by atoms with Crippen molar-refractivity contribution in [3.05, 3.63) is 72.7 Å². The number of aryl methyl sites for hydroxylation is 1. The van der Waals surface area contributed by atoms with Gasteiger partial charge in [-0.25, -0.2) is 4.98 Å². The molecule has 96 valence electrons. The maximum absolute atomic E-state index is 5.53. The first kappa shape index (κ1) is 11.6. The molecular formula is C15H15N3O. The van der Waals surface area contributed by atoms with Crippen molar-refractivity contribution in [2.45, 2.75) is 6.04 Å². The summed E-state index contributed by atoms with van der Waals surface area (Å²) in [6.45, 7) is 0. The van der Waals surface area contributed by atoms with Crippen molar-refractivity contribution in [1.29, 1.82) is 0 Å². The molecule has 0 spiro atoms. The normalized spacial score (nSPS) is 12.3. The number of para-hydroxylation sites is 1. The van der Waals surface area contributed by atoms with Gasteiger partial charge in [-0.3, -0.25) is 0 Å². The molecule has 0 aliphatic rings. The van der Waals surface area contributed by atoms with E-state index in [4.69, 9.17) is 4.42 Å². The Morgan fingerprint density at radius 2 is 2.00 bits per heavy atom. The predicted octanol–water partition coefficient (Wildman–Crippen LogP) is 3.21. The summed E-state index contributed by atoms with van der Waals surface area (Å²) in [5.41, 5.74) is 1.03. The Hall–Kier alpha value is -2.49. The van der Waals surface area contributed by atoms with Gasteiger partial charge in [0.1, 0.15) is 17.6 Å². The highest BCUT2D eigenvalue weighted by atomic mass is 16.3. The molecule has 2 heterocycles. The van der Waals surface area contributed by atoms with Crippen LogP contribution in [0.2, 0.25) is 0 Å². The van der Waals surface area contributed by atoms with E-state index in [1.807, 2.05) is 60.3 Å². The maximum atomic E-state index is 5.53. The Balaban J connectivity index is 1.96. The summed E-state index contributed by atoms with van der Waals surface area (Å²) in [4.78, 5) is 4.41. The molecule has 2 aromatic heterocycles. The van der Waals surface area contributed by atoms with E-state index in [0.717, 1.165) is 17.3 Å². The molecule has 1 aromatic carbocycles. The number of nitrogens with one attached hydrogen (secondary N) is 1. The maximum Gasteiger partial charge on any atom is 0.143 e. The van der Waals surface area contributed by atoms with Crippen molar-refractivity contribution in [1.82, 2.24) is 9.55 Å². The molecular weight excluding hydrogens is 238 g/mol. The van der Waals surface area contributed by atoms with Crippen molar-refractivity contribution in [2.24, 2.45) is 7.05 Å². The minimum atomic E-state index is -0.0996. The van der Waals surface area contributed by atoms with Gasteiger partial charge in [0, 0.05) is 25.1 Å². The van der Waals surface area contributed by atoms with Gasteiger partial charge < -0.3 is 14.3 Å². The van der Waals surface area contributed by atoms with Crippen LogP contribution in [0.4, 0.5) is 5.69 Å². The first-order valence-corrected chi connectivity index (χ1v) is 6.17. The molecule has 1 atom stereocenters. The molecule has 3 rings (SSSR count). The van der Waals surface area contributed by atoms with Crippen molar-refractivity contribution >= 4 is 5.69 Å². The zero-order valence-electron chi connectivity index (χ0n) is 10.7. The van der Waals surface area contributed by atoms with Gasteiger partial charge in [-0.05, 0) is 24.3 Å². The van der Waals surface area contributed by atoms with Crippen LogP contribution in [-0.2, 0) is 7.05 Å². The standard InChI is InChI=1S/C15H15N3O/c1-18-10-9-16-15(18)14(13-8-5-11-19-13)17-12-6-3-2-4-7-12/h2-11,14,17H,1H3. The number of hydrogen-bond acceptors (Lipinski definition) is 3. The fourth-order valence-electron chi connectivity index (χ4n) is 2.07. The van der Waals surface area contributed by atoms with E-state index in [0.29, 0.717) is 0 Å². The van der Waals surface area contributed by atoms with Gasteiger partial charge in [0.2, 0.25) is 0 Å². The second kappa shape index (κ2) is 5.02. The summed E-state index contributed by atoms with van der Waals surface area (Å²) < 4.78 is 7.52. The van der Waals surface area contributed by atoms with Gasteiger partial charge in [0.15, 0.2) is 0 Å². The first-order chi connectivity index (χ1) is 9.34. The quantitative estimate of drug-likeness (QED) is 0.776. The van der Waals surface area contributed by atoms with Crippen LogP contribution in [0.1, 0.15) is 17.6 Å². The van der Waals surface area contributed by atoms with Crippen LogP contribution in [0.3, 0.4) is 0 Å². The molecule has 0 aliphatic carbocycles. The van der Waals surface area contributed by atoms with E-state index in [2.05, 4.69) is 10.3 Å². The first-order valence-electron chi connectivity index (χ1n) is 6.17. The number of hydrogen-bond donors (Lipinski definition) is 1. The zero-order chi connectivity index (χ0) is 13.1. The molecule has 4 heteroatoms. The highest BCUT2D eigenvalue weighted by molar-refractivity contribution is 5.46. The van der Waals surface area contributed by atoms with Gasteiger partial charge in [-0.15, -0.1) is 0 Å². The minimum Gasteiger partial charge on any atom is -0.467 e. The van der Waals surface area contributed by atoms with Crippen LogP contribution in [0, 0.1) is 0 Å². The number of aromatic nitrogens is 2. The Morgan fingerprint density at radius 3 is 2.63 bits per heavy atom. The molecule has 4 nitrogen and oxygen atoms in total. The largest absolute Gasteiger partial charge is 0.467 e. The topological polar surface area (TPSA) is 43.0 Å². The van der Waals surface area contributed by atoms with E-state index in [1.165, 1.54) is 0 Å². The summed E-state index contributed by atoms with van der Waals surface area (Å²) in [6.07, 6.45) is 5.40. The lowest BCUT2D eigenvalue weighted by Gasteiger charge is -2.17. The molecule has 0 saturated heterocycles. The van der Waals surface area contributed by atoms with Crippen molar-refractivity contribution in [3.8, 4) is 0 Å². The zero-order valence-corrected chi connectivity index (χ0v) is 10.7. The number of furan rings is 1. The van der Waals surface area contributed by atoms with E-state index in [-0.39, 0.29) is 6.04 Å². The molecule has 19 heavy (non-hydrogen) atoms. The number of rotatable bonds is 4. The van der Waals surface area contributed by atoms with E-state index >= 15 is 0 Å². The fraction of sp³-hybridized carbons (Fsp3) is 0.133.